The Labute approximate surface area is 202 Å². The lowest BCUT2D eigenvalue weighted by atomic mass is 9.45. The number of aliphatic carboxylic acids is 1. The molecule has 0 radical (unpaired) electrons. The number of carbonyl (C=O) groups is 2. The number of esters is 1. The molecular formula is C28H38O6. The Balaban J connectivity index is 1.83. The van der Waals surface area contributed by atoms with Crippen molar-refractivity contribution < 1.29 is 29.6 Å². The lowest BCUT2D eigenvalue weighted by Gasteiger charge is -2.60. The van der Waals surface area contributed by atoms with Crippen LogP contribution in [0.3, 0.4) is 0 Å². The summed E-state index contributed by atoms with van der Waals surface area (Å²) in [6.45, 7) is 6.18. The predicted octanol–water partition coefficient (Wildman–Crippen LogP) is 4.31. The summed E-state index contributed by atoms with van der Waals surface area (Å²) in [6, 6.07) is 9.47. The number of fused-ring (bicyclic) bond motifs is 1. The zero-order valence-electron chi connectivity index (χ0n) is 20.5. The van der Waals surface area contributed by atoms with Gasteiger partial charge in [0.25, 0.3) is 0 Å². The average Bonchev–Trinajstić information content (AvgIpc) is 2.79. The van der Waals surface area contributed by atoms with Crippen molar-refractivity contribution in [3.05, 3.63) is 59.2 Å². The molecule has 2 aliphatic rings. The van der Waals surface area contributed by atoms with E-state index in [0.29, 0.717) is 12.8 Å². The molecular weight excluding hydrogens is 432 g/mol. The highest BCUT2D eigenvalue weighted by molar-refractivity contribution is 5.80. The first kappa shape index (κ1) is 26.2. The third-order valence-corrected chi connectivity index (χ3v) is 8.43. The average molecular weight is 471 g/mol. The van der Waals surface area contributed by atoms with Crippen molar-refractivity contribution >= 4 is 11.9 Å². The summed E-state index contributed by atoms with van der Waals surface area (Å²) in [5.74, 6) is -1.25. The number of hydrogen-bond donors (Lipinski definition) is 3. The summed E-state index contributed by atoms with van der Waals surface area (Å²) in [4.78, 5) is 23.7. The van der Waals surface area contributed by atoms with Crippen LogP contribution in [0.15, 0.2) is 53.6 Å². The third kappa shape index (κ3) is 5.44. The van der Waals surface area contributed by atoms with Crippen LogP contribution in [-0.4, -0.2) is 46.6 Å². The Hall–Kier alpha value is -2.44. The summed E-state index contributed by atoms with van der Waals surface area (Å²) in [5, 5.41) is 30.5. The molecule has 1 aromatic rings. The molecule has 0 aliphatic heterocycles. The van der Waals surface area contributed by atoms with Gasteiger partial charge in [0.1, 0.15) is 0 Å². The normalized spacial score (nSPS) is 31.4. The van der Waals surface area contributed by atoms with Gasteiger partial charge < -0.3 is 20.1 Å². The first-order valence-corrected chi connectivity index (χ1v) is 12.2. The van der Waals surface area contributed by atoms with Crippen LogP contribution >= 0.6 is 0 Å². The maximum absolute atomic E-state index is 12.6. The summed E-state index contributed by atoms with van der Waals surface area (Å²) < 4.78 is 5.74. The van der Waals surface area contributed by atoms with Gasteiger partial charge >= 0.3 is 11.9 Å². The van der Waals surface area contributed by atoms with Gasteiger partial charge in [-0.2, -0.15) is 0 Å². The number of hydrogen-bond acceptors (Lipinski definition) is 5. The predicted molar refractivity (Wildman–Crippen MR) is 130 cm³/mol. The van der Waals surface area contributed by atoms with Crippen molar-refractivity contribution in [1.82, 2.24) is 0 Å². The number of carboxylic acid groups (broad SMARTS) is 1. The van der Waals surface area contributed by atoms with Gasteiger partial charge in [0.2, 0.25) is 0 Å². The number of aliphatic hydroxyl groups is 2. The van der Waals surface area contributed by atoms with E-state index in [0.717, 1.165) is 36.0 Å². The molecule has 2 aliphatic carbocycles. The summed E-state index contributed by atoms with van der Waals surface area (Å²) >= 11 is 0. The fourth-order valence-electron chi connectivity index (χ4n) is 6.32. The van der Waals surface area contributed by atoms with Crippen LogP contribution in [-0.2, 0) is 20.7 Å². The maximum Gasteiger partial charge on any atom is 0.328 e. The van der Waals surface area contributed by atoms with E-state index < -0.39 is 17.5 Å². The summed E-state index contributed by atoms with van der Waals surface area (Å²) in [6.07, 6.45) is 6.32. The fourth-order valence-corrected chi connectivity index (χ4v) is 6.32. The highest BCUT2D eigenvalue weighted by Gasteiger charge is 2.59. The molecule has 5 unspecified atom stereocenters. The molecule has 0 bridgehead atoms. The Kier molecular flexibility index (Phi) is 8.37. The van der Waals surface area contributed by atoms with Gasteiger partial charge in [0, 0.05) is 17.4 Å². The van der Waals surface area contributed by atoms with E-state index in [1.165, 1.54) is 6.08 Å². The molecule has 3 rings (SSSR count). The van der Waals surface area contributed by atoms with Crippen molar-refractivity contribution in [2.24, 2.45) is 22.7 Å². The molecule has 0 saturated heterocycles. The Morgan fingerprint density at radius 3 is 2.56 bits per heavy atom. The van der Waals surface area contributed by atoms with Gasteiger partial charge in [-0.15, -0.1) is 0 Å². The lowest BCUT2D eigenvalue weighted by molar-refractivity contribution is -0.162. The number of benzene rings is 1. The number of carboxylic acids is 1. The van der Waals surface area contributed by atoms with Gasteiger partial charge in [-0.1, -0.05) is 55.8 Å². The molecule has 0 spiro atoms. The van der Waals surface area contributed by atoms with E-state index in [1.807, 2.05) is 44.2 Å². The smallest absolute Gasteiger partial charge is 0.328 e. The number of allylic oxidation sites excluding steroid dienone is 2. The molecule has 0 heterocycles. The molecule has 5 atom stereocenters. The fraction of sp³-hybridized carbons (Fsp3) is 0.571. The van der Waals surface area contributed by atoms with Crippen molar-refractivity contribution in [2.45, 2.75) is 65.4 Å². The second-order valence-corrected chi connectivity index (χ2v) is 10.4. The Morgan fingerprint density at radius 2 is 1.91 bits per heavy atom. The Morgan fingerprint density at radius 1 is 1.21 bits per heavy atom. The number of aliphatic hydroxyl groups excluding tert-OH is 2. The lowest BCUT2D eigenvalue weighted by Crippen LogP contribution is -2.58. The second kappa shape index (κ2) is 10.9. The van der Waals surface area contributed by atoms with Crippen molar-refractivity contribution in [3.63, 3.8) is 0 Å². The highest BCUT2D eigenvalue weighted by atomic mass is 16.5. The van der Waals surface area contributed by atoms with Crippen molar-refractivity contribution in [2.75, 3.05) is 13.2 Å². The van der Waals surface area contributed by atoms with Crippen LogP contribution in [0.4, 0.5) is 0 Å². The standard InChI is InChI=1S/C28H38O6/c1-19(14-25(31)32)12-13-27(2)22(18-34-26(33)15-20-8-5-4-6-9-20)16-24(30)28(3)21(17-29)10-7-11-23(27)28/h4-6,8-10,14,22-24,29-30H,7,11-13,15-18H2,1-3H3,(H,31,32). The van der Waals surface area contributed by atoms with E-state index in [-0.39, 0.29) is 42.9 Å². The maximum atomic E-state index is 12.6. The molecule has 1 fully saturated rings. The minimum absolute atomic E-state index is 0.0732. The molecule has 1 saturated carbocycles. The SMILES string of the molecule is CC(=CC(=O)O)CCC1(C)C(COC(=O)Cc2ccccc2)CC(O)C2(C)C(CO)=CCCC12. The van der Waals surface area contributed by atoms with Gasteiger partial charge in [-0.05, 0) is 61.5 Å². The van der Waals surface area contributed by atoms with Gasteiger partial charge in [-0.3, -0.25) is 4.79 Å². The molecule has 34 heavy (non-hydrogen) atoms. The van der Waals surface area contributed by atoms with Crippen molar-refractivity contribution in [1.29, 1.82) is 0 Å². The number of ether oxygens (including phenoxy) is 1. The summed E-state index contributed by atoms with van der Waals surface area (Å²) in [7, 11) is 0. The zero-order valence-corrected chi connectivity index (χ0v) is 20.5. The second-order valence-electron chi connectivity index (χ2n) is 10.4. The topological polar surface area (TPSA) is 104 Å². The highest BCUT2D eigenvalue weighted by Crippen LogP contribution is 2.62. The van der Waals surface area contributed by atoms with Gasteiger partial charge in [0.05, 0.1) is 25.7 Å². The van der Waals surface area contributed by atoms with Gasteiger partial charge in [0.15, 0.2) is 0 Å². The first-order valence-electron chi connectivity index (χ1n) is 12.2. The van der Waals surface area contributed by atoms with Crippen LogP contribution in [0.5, 0.6) is 0 Å². The van der Waals surface area contributed by atoms with Crippen LogP contribution < -0.4 is 0 Å². The molecule has 6 heteroatoms. The monoisotopic (exact) mass is 470 g/mol. The largest absolute Gasteiger partial charge is 0.478 e. The number of rotatable bonds is 9. The van der Waals surface area contributed by atoms with E-state index in [2.05, 4.69) is 13.0 Å². The molecule has 6 nitrogen and oxygen atoms in total. The minimum Gasteiger partial charge on any atom is -0.478 e. The van der Waals surface area contributed by atoms with Crippen LogP contribution in [0.25, 0.3) is 0 Å². The molecule has 186 valence electrons. The van der Waals surface area contributed by atoms with Crippen LogP contribution in [0.1, 0.15) is 58.4 Å². The first-order chi connectivity index (χ1) is 16.1. The Bertz CT molecular complexity index is 935. The summed E-state index contributed by atoms with van der Waals surface area (Å²) in [5.41, 5.74) is 1.70. The molecule has 1 aromatic carbocycles. The quantitative estimate of drug-likeness (QED) is 0.282. The third-order valence-electron chi connectivity index (χ3n) is 8.43. The zero-order chi connectivity index (χ0) is 24.9. The van der Waals surface area contributed by atoms with Gasteiger partial charge in [-0.25, -0.2) is 4.79 Å². The van der Waals surface area contributed by atoms with E-state index in [9.17, 15) is 19.8 Å². The van der Waals surface area contributed by atoms with E-state index in [4.69, 9.17) is 9.84 Å². The van der Waals surface area contributed by atoms with Crippen LogP contribution in [0.2, 0.25) is 0 Å². The van der Waals surface area contributed by atoms with E-state index in [1.54, 1.807) is 0 Å². The van der Waals surface area contributed by atoms with Crippen molar-refractivity contribution in [3.8, 4) is 0 Å². The van der Waals surface area contributed by atoms with Crippen LogP contribution in [0, 0.1) is 22.7 Å². The minimum atomic E-state index is -0.957. The molecule has 0 aromatic heterocycles. The van der Waals surface area contributed by atoms with E-state index >= 15 is 0 Å². The molecule has 0 amide bonds. The number of carbonyl (C=O) groups excluding carboxylic acids is 1. The molecule has 3 N–H and O–H groups in total.